The van der Waals surface area contributed by atoms with Crippen LogP contribution < -0.4 is 5.32 Å². The number of aliphatic hydroxyl groups is 1. The molecule has 0 heterocycles. The zero-order valence-corrected chi connectivity index (χ0v) is 11.7. The molecule has 0 aromatic heterocycles. The first-order valence-corrected chi connectivity index (χ1v) is 7.77. The van der Waals surface area contributed by atoms with E-state index in [0.29, 0.717) is 25.3 Å². The number of rotatable bonds is 6. The Hall–Kier alpha value is -0.120. The van der Waals surface area contributed by atoms with Gasteiger partial charge in [0, 0.05) is 12.6 Å². The van der Waals surface area contributed by atoms with E-state index in [1.54, 1.807) is 0 Å². The van der Waals surface area contributed by atoms with Gasteiger partial charge in [0.05, 0.1) is 18.8 Å². The molecule has 3 nitrogen and oxygen atoms in total. The van der Waals surface area contributed by atoms with Gasteiger partial charge in [-0.1, -0.05) is 19.8 Å². The quantitative estimate of drug-likeness (QED) is 0.766. The molecule has 0 radical (unpaired) electrons. The smallest absolute Gasteiger partial charge is 0.0897 e. The Labute approximate surface area is 111 Å². The second kappa shape index (κ2) is 7.46. The normalized spacial score (nSPS) is 31.7. The Morgan fingerprint density at radius 2 is 1.78 bits per heavy atom. The molecule has 0 aromatic carbocycles. The summed E-state index contributed by atoms with van der Waals surface area (Å²) in [5, 5.41) is 13.4. The minimum atomic E-state index is -0.343. The predicted octanol–water partition coefficient (Wildman–Crippen LogP) is 2.47. The van der Waals surface area contributed by atoms with Crippen molar-refractivity contribution in [1.82, 2.24) is 5.32 Å². The van der Waals surface area contributed by atoms with Crippen molar-refractivity contribution in [2.45, 2.75) is 76.5 Å². The highest BCUT2D eigenvalue weighted by Crippen LogP contribution is 2.25. The van der Waals surface area contributed by atoms with Crippen LogP contribution >= 0.6 is 0 Å². The Morgan fingerprint density at radius 1 is 1.11 bits per heavy atom. The maximum Gasteiger partial charge on any atom is 0.0897 e. The van der Waals surface area contributed by atoms with Gasteiger partial charge in [-0.2, -0.15) is 0 Å². The zero-order valence-electron chi connectivity index (χ0n) is 11.7. The lowest BCUT2D eigenvalue weighted by atomic mass is 9.89. The number of nitrogens with one attached hydrogen (secondary N) is 1. The van der Waals surface area contributed by atoms with Crippen molar-refractivity contribution < 1.29 is 9.84 Å². The third kappa shape index (κ3) is 4.87. The molecule has 0 spiro atoms. The van der Waals surface area contributed by atoms with Crippen molar-refractivity contribution in [2.75, 3.05) is 13.2 Å². The molecule has 2 rings (SSSR count). The number of hydrogen-bond acceptors (Lipinski definition) is 3. The first-order valence-electron chi connectivity index (χ1n) is 7.77. The van der Waals surface area contributed by atoms with Gasteiger partial charge in [-0.15, -0.1) is 0 Å². The largest absolute Gasteiger partial charge is 0.389 e. The molecule has 2 aliphatic carbocycles. The van der Waals surface area contributed by atoms with Gasteiger partial charge in [0.1, 0.15) is 0 Å². The van der Waals surface area contributed by atoms with Crippen LogP contribution in [0.1, 0.15) is 58.3 Å². The first kappa shape index (κ1) is 14.3. The molecule has 18 heavy (non-hydrogen) atoms. The van der Waals surface area contributed by atoms with Crippen molar-refractivity contribution in [3.8, 4) is 0 Å². The Kier molecular flexibility index (Phi) is 5.93. The fraction of sp³-hybridized carbons (Fsp3) is 1.00. The lowest BCUT2D eigenvalue weighted by Crippen LogP contribution is -2.37. The van der Waals surface area contributed by atoms with E-state index in [9.17, 15) is 5.11 Å². The molecule has 3 heteroatoms. The van der Waals surface area contributed by atoms with Crippen molar-refractivity contribution in [1.29, 1.82) is 0 Å². The summed E-state index contributed by atoms with van der Waals surface area (Å²) in [5.74, 6) is 0.860. The lowest BCUT2D eigenvalue weighted by Gasteiger charge is -2.27. The molecule has 2 fully saturated rings. The van der Waals surface area contributed by atoms with E-state index in [-0.39, 0.29) is 6.10 Å². The molecular weight excluding hydrogens is 226 g/mol. The van der Waals surface area contributed by atoms with Crippen LogP contribution in [0.2, 0.25) is 0 Å². The topological polar surface area (TPSA) is 41.5 Å². The summed E-state index contributed by atoms with van der Waals surface area (Å²) in [6, 6.07) is 0.634. The molecule has 0 aliphatic heterocycles. The molecule has 0 amide bonds. The SMILES string of the molecule is CC1CCC(OCC(O)CNC2CCCC2)CC1. The predicted molar refractivity (Wildman–Crippen MR) is 73.6 cm³/mol. The zero-order chi connectivity index (χ0) is 12.8. The van der Waals surface area contributed by atoms with Gasteiger partial charge in [0.15, 0.2) is 0 Å². The molecular formula is C15H29NO2. The maximum absolute atomic E-state index is 9.90. The standard InChI is InChI=1S/C15H29NO2/c1-12-6-8-15(9-7-12)18-11-14(17)10-16-13-4-2-3-5-13/h12-17H,2-11H2,1H3. The number of aliphatic hydroxyl groups excluding tert-OH is 1. The third-order valence-corrected chi connectivity index (χ3v) is 4.48. The highest BCUT2D eigenvalue weighted by molar-refractivity contribution is 4.75. The molecule has 0 aromatic rings. The van der Waals surface area contributed by atoms with Crippen LogP contribution in [0, 0.1) is 5.92 Å². The first-order chi connectivity index (χ1) is 8.74. The van der Waals surface area contributed by atoms with E-state index in [1.807, 2.05) is 0 Å². The van der Waals surface area contributed by atoms with E-state index in [1.165, 1.54) is 51.4 Å². The van der Waals surface area contributed by atoms with Crippen molar-refractivity contribution in [3.63, 3.8) is 0 Å². The van der Waals surface area contributed by atoms with E-state index in [4.69, 9.17) is 4.74 Å². The van der Waals surface area contributed by atoms with E-state index in [0.717, 1.165) is 5.92 Å². The summed E-state index contributed by atoms with van der Waals surface area (Å²) >= 11 is 0. The van der Waals surface area contributed by atoms with Crippen LogP contribution in [0.15, 0.2) is 0 Å². The second-order valence-electron chi connectivity index (χ2n) is 6.26. The Balaban J connectivity index is 1.52. The third-order valence-electron chi connectivity index (χ3n) is 4.48. The Bertz CT molecular complexity index is 221. The van der Waals surface area contributed by atoms with Gasteiger partial charge in [0.2, 0.25) is 0 Å². The van der Waals surface area contributed by atoms with E-state index in [2.05, 4.69) is 12.2 Å². The van der Waals surface area contributed by atoms with Crippen LogP contribution in [0.3, 0.4) is 0 Å². The molecule has 0 bridgehead atoms. The average Bonchev–Trinajstić information content (AvgIpc) is 2.89. The molecule has 106 valence electrons. The van der Waals surface area contributed by atoms with Gasteiger partial charge in [-0.05, 0) is 44.4 Å². The molecule has 1 unspecified atom stereocenters. The van der Waals surface area contributed by atoms with Crippen LogP contribution in [0.25, 0.3) is 0 Å². The van der Waals surface area contributed by atoms with Gasteiger partial charge in [-0.3, -0.25) is 0 Å². The van der Waals surface area contributed by atoms with Crippen molar-refractivity contribution >= 4 is 0 Å². The highest BCUT2D eigenvalue weighted by atomic mass is 16.5. The van der Waals surface area contributed by atoms with Crippen LogP contribution in [0.5, 0.6) is 0 Å². The summed E-state index contributed by atoms with van der Waals surface area (Å²) in [7, 11) is 0. The lowest BCUT2D eigenvalue weighted by molar-refractivity contribution is -0.0283. The summed E-state index contributed by atoms with van der Waals surface area (Å²) in [6.45, 7) is 3.50. The summed E-state index contributed by atoms with van der Waals surface area (Å²) in [6.07, 6.45) is 10.2. The summed E-state index contributed by atoms with van der Waals surface area (Å²) in [4.78, 5) is 0. The second-order valence-corrected chi connectivity index (χ2v) is 6.26. The van der Waals surface area contributed by atoms with E-state index < -0.39 is 0 Å². The summed E-state index contributed by atoms with van der Waals surface area (Å²) in [5.41, 5.74) is 0. The van der Waals surface area contributed by atoms with Crippen LogP contribution in [-0.4, -0.2) is 36.5 Å². The monoisotopic (exact) mass is 255 g/mol. The van der Waals surface area contributed by atoms with Crippen LogP contribution in [-0.2, 0) is 4.74 Å². The van der Waals surface area contributed by atoms with Gasteiger partial charge >= 0.3 is 0 Å². The molecule has 1 atom stereocenters. The summed E-state index contributed by atoms with van der Waals surface area (Å²) < 4.78 is 5.82. The minimum absolute atomic E-state index is 0.343. The van der Waals surface area contributed by atoms with Crippen LogP contribution in [0.4, 0.5) is 0 Å². The van der Waals surface area contributed by atoms with Gasteiger partial charge in [-0.25, -0.2) is 0 Å². The highest BCUT2D eigenvalue weighted by Gasteiger charge is 2.20. The maximum atomic E-state index is 9.90. The van der Waals surface area contributed by atoms with Crippen molar-refractivity contribution in [2.24, 2.45) is 5.92 Å². The number of hydrogen-bond donors (Lipinski definition) is 2. The van der Waals surface area contributed by atoms with Crippen molar-refractivity contribution in [3.05, 3.63) is 0 Å². The fourth-order valence-corrected chi connectivity index (χ4v) is 3.13. The van der Waals surface area contributed by atoms with Gasteiger partial charge in [0.25, 0.3) is 0 Å². The molecule has 2 saturated carbocycles. The molecule has 2 N–H and O–H groups in total. The van der Waals surface area contributed by atoms with E-state index >= 15 is 0 Å². The Morgan fingerprint density at radius 3 is 2.44 bits per heavy atom. The molecule has 2 aliphatic rings. The average molecular weight is 255 g/mol. The molecule has 0 saturated heterocycles. The van der Waals surface area contributed by atoms with Gasteiger partial charge < -0.3 is 15.2 Å². The number of ether oxygens (including phenoxy) is 1. The fourth-order valence-electron chi connectivity index (χ4n) is 3.13. The minimum Gasteiger partial charge on any atom is -0.389 e.